The maximum atomic E-state index is 11.3. The van der Waals surface area contributed by atoms with Crippen LogP contribution in [0.2, 0.25) is 0 Å². The number of ether oxygens (including phenoxy) is 12. The highest BCUT2D eigenvalue weighted by molar-refractivity contribution is 4.92. The zero-order valence-corrected chi connectivity index (χ0v) is 43.0. The summed E-state index contributed by atoms with van der Waals surface area (Å²) in [6.07, 6.45) is -37.9. The number of aliphatic hydroxyl groups is 17. The largest absolute Gasteiger partial charge is 0.394 e. The Kier molecular flexibility index (Phi) is 36.0. The second kappa shape index (κ2) is 37.6. The van der Waals surface area contributed by atoms with Crippen LogP contribution in [0.25, 0.3) is 0 Å². The van der Waals surface area contributed by atoms with Crippen LogP contribution in [0.5, 0.6) is 0 Å². The molecule has 0 amide bonds. The van der Waals surface area contributed by atoms with Gasteiger partial charge >= 0.3 is 0 Å². The minimum Gasteiger partial charge on any atom is -0.394 e. The summed E-state index contributed by atoms with van der Waals surface area (Å²) in [6.45, 7) is 2.02. The van der Waals surface area contributed by atoms with Crippen LogP contribution in [0.15, 0.2) is 0 Å². The second-order valence-corrected chi connectivity index (χ2v) is 17.8. The molecular weight excluding hydrogens is 1010 g/mol. The SMILES string of the molecule is C[C@H](O)C(CO)OC(O[C@H](C)C(CO)OC(O[C@@H](C)C(CO)OC(O[C@@H](C)C(CO)OC(OC1C(CO)OC(O[C@@H](C)C(CO)OC(OCCCN)[C@H](C)O)C(O)C1O)[C@@H](O)CO)[C@H](C)O)[C@@H](O)CO)[C@@H](O)CO. The Balaban J connectivity index is 3.21. The Bertz CT molecular complexity index is 1380. The predicted molar refractivity (Wildman–Crippen MR) is 247 cm³/mol. The van der Waals surface area contributed by atoms with Gasteiger partial charge in [-0.05, 0) is 61.4 Å². The number of rotatable bonds is 43. The van der Waals surface area contributed by atoms with Gasteiger partial charge in [0.15, 0.2) is 37.7 Å². The van der Waals surface area contributed by atoms with Crippen LogP contribution >= 0.6 is 0 Å². The highest BCUT2D eigenvalue weighted by Gasteiger charge is 2.49. The molecule has 1 fully saturated rings. The zero-order valence-electron chi connectivity index (χ0n) is 43.0. The van der Waals surface area contributed by atoms with Crippen molar-refractivity contribution >= 4 is 0 Å². The summed E-state index contributed by atoms with van der Waals surface area (Å²) >= 11 is 0. The summed E-state index contributed by atoms with van der Waals surface area (Å²) in [5.41, 5.74) is 5.50. The van der Waals surface area contributed by atoms with Crippen LogP contribution in [-0.2, 0) is 56.8 Å². The van der Waals surface area contributed by atoms with Crippen molar-refractivity contribution in [1.29, 1.82) is 0 Å². The maximum absolute atomic E-state index is 11.3. The quantitative estimate of drug-likeness (QED) is 0.0199. The van der Waals surface area contributed by atoms with Crippen molar-refractivity contribution in [1.82, 2.24) is 0 Å². The summed E-state index contributed by atoms with van der Waals surface area (Å²) in [5.74, 6) is 0. The van der Waals surface area contributed by atoms with E-state index in [4.69, 9.17) is 62.6 Å². The van der Waals surface area contributed by atoms with Crippen LogP contribution in [-0.4, -0.2) is 313 Å². The standard InChI is InChI=1S/C44H89NO29/c1-20(55)30(14-49)68-41(27(58)11-46)65-25(6)34(18-53)71-42(28(59)12-47)66-24(5)32(16-51)70-40(22(3)57)64-23(4)33(17-52)72-43(29(60)13-48)74-38-35(19-54)73-44(37(62)36(38)61)67-26(7)31(15-50)69-39(21(2)56)63-10-8-9-45/h20-44,46-62H,8-19,45H2,1-7H3/t20-,21-,22-,23-,24-,25+,26-,27-,28-,29-,30?,31?,32?,33?,34?,35?,36?,37?,38?,39?,40?,41?,42?,43?,44?/m0/s1. The van der Waals surface area contributed by atoms with E-state index in [2.05, 4.69) is 0 Å². The lowest BCUT2D eigenvalue weighted by Gasteiger charge is -2.44. The summed E-state index contributed by atoms with van der Waals surface area (Å²) in [4.78, 5) is 0. The number of aliphatic hydroxyl groups excluding tert-OH is 17. The fraction of sp³-hybridized carbons (Fsp3) is 1.00. The molecule has 0 aromatic carbocycles. The summed E-state index contributed by atoms with van der Waals surface area (Å²) in [5, 5.41) is 175. The Morgan fingerprint density at radius 3 is 1.19 bits per heavy atom. The van der Waals surface area contributed by atoms with E-state index < -0.39 is 213 Å². The first kappa shape index (κ1) is 70.8. The molecule has 1 aliphatic rings. The van der Waals surface area contributed by atoms with Crippen molar-refractivity contribution in [3.8, 4) is 0 Å². The molecule has 15 unspecified atom stereocenters. The molecule has 444 valence electrons. The third kappa shape index (κ3) is 23.3. The molecule has 0 saturated carbocycles. The highest BCUT2D eigenvalue weighted by Crippen LogP contribution is 2.29. The number of nitrogens with two attached hydrogens (primary N) is 1. The molecule has 1 saturated heterocycles. The summed E-state index contributed by atoms with van der Waals surface area (Å²) < 4.78 is 68.6. The lowest BCUT2D eigenvalue weighted by molar-refractivity contribution is -0.354. The minimum absolute atomic E-state index is 0.128. The molecular formula is C44H89NO29. The van der Waals surface area contributed by atoms with E-state index >= 15 is 0 Å². The van der Waals surface area contributed by atoms with Gasteiger partial charge in [0.2, 0.25) is 0 Å². The molecule has 30 heteroatoms. The van der Waals surface area contributed by atoms with Gasteiger partial charge < -0.3 is 149 Å². The third-order valence-corrected chi connectivity index (χ3v) is 11.5. The Morgan fingerprint density at radius 1 is 0.419 bits per heavy atom. The molecule has 0 aliphatic carbocycles. The van der Waals surface area contributed by atoms with E-state index in [9.17, 15) is 86.8 Å². The fourth-order valence-corrected chi connectivity index (χ4v) is 6.80. The van der Waals surface area contributed by atoms with Gasteiger partial charge in [0.25, 0.3) is 0 Å². The molecule has 1 rings (SSSR count). The average Bonchev–Trinajstić information content (AvgIpc) is 3.37. The molecule has 25 atom stereocenters. The third-order valence-electron chi connectivity index (χ3n) is 11.5. The van der Waals surface area contributed by atoms with E-state index in [1.165, 1.54) is 48.5 Å². The summed E-state index contributed by atoms with van der Waals surface area (Å²) in [6, 6.07) is 0. The molecule has 0 aromatic rings. The molecule has 19 N–H and O–H groups in total. The molecule has 30 nitrogen and oxygen atoms in total. The van der Waals surface area contributed by atoms with Gasteiger partial charge in [-0.3, -0.25) is 0 Å². The average molecular weight is 1100 g/mol. The van der Waals surface area contributed by atoms with E-state index in [0.29, 0.717) is 13.0 Å². The van der Waals surface area contributed by atoms with Gasteiger partial charge in [0.1, 0.15) is 85.5 Å². The van der Waals surface area contributed by atoms with Crippen LogP contribution in [0.3, 0.4) is 0 Å². The van der Waals surface area contributed by atoms with Crippen LogP contribution in [0.1, 0.15) is 54.9 Å². The first-order chi connectivity index (χ1) is 35.0. The van der Waals surface area contributed by atoms with E-state index in [1.54, 1.807) is 0 Å². The smallest absolute Gasteiger partial charge is 0.187 e. The van der Waals surface area contributed by atoms with Crippen molar-refractivity contribution < 1.29 is 144 Å². The first-order valence-electron chi connectivity index (χ1n) is 24.4. The van der Waals surface area contributed by atoms with Crippen molar-refractivity contribution in [2.45, 2.75) is 209 Å². The van der Waals surface area contributed by atoms with Crippen molar-refractivity contribution in [2.24, 2.45) is 5.73 Å². The van der Waals surface area contributed by atoms with E-state index in [1.807, 2.05) is 0 Å². The van der Waals surface area contributed by atoms with Gasteiger partial charge in [-0.1, -0.05) is 0 Å². The minimum atomic E-state index is -1.97. The number of hydrogen-bond donors (Lipinski definition) is 18. The monoisotopic (exact) mass is 1100 g/mol. The first-order valence-corrected chi connectivity index (χ1v) is 24.4. The molecule has 0 radical (unpaired) electrons. The lowest BCUT2D eigenvalue weighted by atomic mass is 9.98. The molecule has 1 heterocycles. The van der Waals surface area contributed by atoms with Gasteiger partial charge in [-0.2, -0.15) is 0 Å². The molecule has 1 aliphatic heterocycles. The second-order valence-electron chi connectivity index (χ2n) is 17.8. The maximum Gasteiger partial charge on any atom is 0.187 e. The Hall–Kier alpha value is -1.20. The lowest BCUT2D eigenvalue weighted by Crippen LogP contribution is -2.62. The van der Waals surface area contributed by atoms with Gasteiger partial charge in [0, 0.05) is 0 Å². The highest BCUT2D eigenvalue weighted by atomic mass is 16.8. The predicted octanol–water partition coefficient (Wildman–Crippen LogP) is -8.48. The topological polar surface area (TPSA) is 481 Å². The van der Waals surface area contributed by atoms with Gasteiger partial charge in [0.05, 0.1) is 96.6 Å². The Labute approximate surface area is 430 Å². The Morgan fingerprint density at radius 2 is 0.797 bits per heavy atom. The molecule has 0 spiro atoms. The molecule has 74 heavy (non-hydrogen) atoms. The zero-order chi connectivity index (χ0) is 56.4. The summed E-state index contributed by atoms with van der Waals surface area (Å²) in [7, 11) is 0. The molecule has 0 aromatic heterocycles. The van der Waals surface area contributed by atoms with Crippen molar-refractivity contribution in [3.05, 3.63) is 0 Å². The van der Waals surface area contributed by atoms with Gasteiger partial charge in [-0.15, -0.1) is 0 Å². The fourth-order valence-electron chi connectivity index (χ4n) is 6.80. The normalized spacial score (nSPS) is 27.0. The van der Waals surface area contributed by atoms with Crippen LogP contribution in [0, 0.1) is 0 Å². The van der Waals surface area contributed by atoms with E-state index in [0.717, 1.165) is 0 Å². The number of hydrogen-bond acceptors (Lipinski definition) is 30. The van der Waals surface area contributed by atoms with Crippen LogP contribution in [0.4, 0.5) is 0 Å². The van der Waals surface area contributed by atoms with Crippen LogP contribution < -0.4 is 5.73 Å². The van der Waals surface area contributed by atoms with Gasteiger partial charge in [-0.25, -0.2) is 0 Å². The van der Waals surface area contributed by atoms with Crippen molar-refractivity contribution in [2.75, 3.05) is 72.6 Å². The van der Waals surface area contributed by atoms with E-state index in [-0.39, 0.29) is 6.61 Å². The van der Waals surface area contributed by atoms with Crippen molar-refractivity contribution in [3.63, 3.8) is 0 Å². The molecule has 0 bridgehead atoms.